The Morgan fingerprint density at radius 1 is 1.22 bits per heavy atom. The van der Waals surface area contributed by atoms with Gasteiger partial charge in [-0.2, -0.15) is 0 Å². The number of benzene rings is 1. The third-order valence-corrected chi connectivity index (χ3v) is 6.70. The van der Waals surface area contributed by atoms with Gasteiger partial charge in [-0.25, -0.2) is 17.9 Å². The van der Waals surface area contributed by atoms with Gasteiger partial charge in [-0.15, -0.1) is 0 Å². The number of nitrogens with one attached hydrogen (secondary N) is 1. The number of rotatable bonds is 5. The first-order valence-corrected chi connectivity index (χ1v) is 11.0. The first kappa shape index (κ1) is 20.1. The lowest BCUT2D eigenvalue weighted by atomic mass is 10.0. The highest BCUT2D eigenvalue weighted by Gasteiger charge is 2.32. The van der Waals surface area contributed by atoms with E-state index in [2.05, 4.69) is 16.7 Å². The van der Waals surface area contributed by atoms with Crippen LogP contribution in [-0.2, 0) is 14.8 Å². The molecule has 150 valence electrons. The summed E-state index contributed by atoms with van der Waals surface area (Å²) < 4.78 is 33.2. The topological polar surface area (TPSA) is 79.0 Å². The van der Waals surface area contributed by atoms with Crippen molar-refractivity contribution >= 4 is 16.1 Å². The van der Waals surface area contributed by atoms with E-state index in [0.717, 1.165) is 44.3 Å². The van der Waals surface area contributed by atoms with Crippen LogP contribution in [0.2, 0.25) is 0 Å². The van der Waals surface area contributed by atoms with Crippen LogP contribution in [0.4, 0.5) is 4.79 Å². The molecule has 2 saturated heterocycles. The van der Waals surface area contributed by atoms with Crippen molar-refractivity contribution in [3.63, 3.8) is 0 Å². The van der Waals surface area contributed by atoms with Crippen molar-refractivity contribution in [1.82, 2.24) is 14.5 Å². The maximum atomic E-state index is 12.9. The van der Waals surface area contributed by atoms with Crippen molar-refractivity contribution in [1.29, 1.82) is 0 Å². The fraction of sp³-hybridized carbons (Fsp3) is 0.632. The molecular weight excluding hydrogens is 366 g/mol. The number of hydrogen-bond donors (Lipinski definition) is 1. The molecule has 2 heterocycles. The van der Waals surface area contributed by atoms with Crippen LogP contribution in [0.5, 0.6) is 0 Å². The largest absolute Gasteiger partial charge is 0.376 e. The molecule has 27 heavy (non-hydrogen) atoms. The van der Waals surface area contributed by atoms with Crippen molar-refractivity contribution in [2.75, 3.05) is 33.3 Å². The summed E-state index contributed by atoms with van der Waals surface area (Å²) in [4.78, 5) is 16.9. The molecule has 0 saturated carbocycles. The minimum Gasteiger partial charge on any atom is -0.376 e. The second-order valence-corrected chi connectivity index (χ2v) is 9.23. The van der Waals surface area contributed by atoms with Gasteiger partial charge in [-0.3, -0.25) is 0 Å². The number of piperidine rings is 1. The first-order chi connectivity index (χ1) is 12.8. The maximum absolute atomic E-state index is 12.9. The van der Waals surface area contributed by atoms with Crippen LogP contribution in [0, 0.1) is 6.92 Å². The Morgan fingerprint density at radius 3 is 2.48 bits per heavy atom. The Balaban J connectivity index is 1.73. The summed E-state index contributed by atoms with van der Waals surface area (Å²) in [5, 5.41) is 0. The average Bonchev–Trinajstić information content (AvgIpc) is 3.14. The van der Waals surface area contributed by atoms with E-state index in [1.807, 2.05) is 6.92 Å². The molecule has 1 atom stereocenters. The van der Waals surface area contributed by atoms with E-state index in [9.17, 15) is 13.2 Å². The van der Waals surface area contributed by atoms with Gasteiger partial charge < -0.3 is 14.5 Å². The lowest BCUT2D eigenvalue weighted by Crippen LogP contribution is -2.53. The molecule has 8 heteroatoms. The van der Waals surface area contributed by atoms with Crippen LogP contribution in [-0.4, -0.2) is 69.7 Å². The van der Waals surface area contributed by atoms with E-state index in [0.29, 0.717) is 13.2 Å². The number of carbonyl (C=O) groups excluding carboxylic acids is 1. The third-order valence-electron chi connectivity index (χ3n) is 5.37. The number of carbonyl (C=O) groups is 1. The van der Waals surface area contributed by atoms with Crippen LogP contribution in [0.1, 0.15) is 31.2 Å². The van der Waals surface area contributed by atoms with Crippen molar-refractivity contribution in [3.8, 4) is 0 Å². The highest BCUT2D eigenvalue weighted by atomic mass is 32.2. The van der Waals surface area contributed by atoms with Gasteiger partial charge in [0.05, 0.1) is 11.0 Å². The molecular formula is C19H29N3O4S. The molecule has 2 fully saturated rings. The molecule has 2 amide bonds. The van der Waals surface area contributed by atoms with Gasteiger partial charge in [0.2, 0.25) is 0 Å². The zero-order valence-electron chi connectivity index (χ0n) is 16.1. The quantitative estimate of drug-likeness (QED) is 0.825. The summed E-state index contributed by atoms with van der Waals surface area (Å²) in [7, 11) is -1.84. The molecule has 1 unspecified atom stereocenters. The second-order valence-electron chi connectivity index (χ2n) is 7.55. The molecule has 0 bridgehead atoms. The number of amides is 2. The second kappa shape index (κ2) is 8.58. The van der Waals surface area contributed by atoms with Crippen molar-refractivity contribution in [2.45, 2.75) is 49.6 Å². The molecule has 0 spiro atoms. The minimum atomic E-state index is -3.90. The average molecular weight is 396 g/mol. The molecule has 1 N–H and O–H groups in total. The number of hydrogen-bond acceptors (Lipinski definition) is 5. The van der Waals surface area contributed by atoms with Gasteiger partial charge in [0.15, 0.2) is 0 Å². The number of aryl methyl sites for hydroxylation is 1. The molecule has 1 aromatic rings. The highest BCUT2D eigenvalue weighted by molar-refractivity contribution is 7.90. The molecule has 0 aliphatic carbocycles. The van der Waals surface area contributed by atoms with Gasteiger partial charge >= 0.3 is 6.03 Å². The predicted octanol–water partition coefficient (Wildman–Crippen LogP) is 1.97. The zero-order chi connectivity index (χ0) is 19.4. The van der Waals surface area contributed by atoms with Crippen molar-refractivity contribution in [3.05, 3.63) is 29.8 Å². The van der Waals surface area contributed by atoms with Crippen LogP contribution in [0.25, 0.3) is 0 Å². The van der Waals surface area contributed by atoms with E-state index >= 15 is 0 Å². The highest BCUT2D eigenvalue weighted by Crippen LogP contribution is 2.21. The first-order valence-electron chi connectivity index (χ1n) is 9.55. The summed E-state index contributed by atoms with van der Waals surface area (Å²) in [6.07, 6.45) is 3.54. The van der Waals surface area contributed by atoms with Gasteiger partial charge in [0.25, 0.3) is 10.0 Å². The SMILES string of the molecule is Cc1ccc(S(=O)(=O)NC(=O)N(CC2CCCO2)C2CCN(C)CC2)cc1. The summed E-state index contributed by atoms with van der Waals surface area (Å²) in [6, 6.07) is 5.95. The Hall–Kier alpha value is -1.64. The molecule has 3 rings (SSSR count). The smallest absolute Gasteiger partial charge is 0.331 e. The Bertz CT molecular complexity index is 737. The van der Waals surface area contributed by atoms with E-state index in [1.165, 1.54) is 12.1 Å². The lowest BCUT2D eigenvalue weighted by molar-refractivity contribution is 0.0583. The standard InChI is InChI=1S/C19H29N3O4S/c1-15-5-7-18(8-6-15)27(24,25)20-19(23)22(14-17-4-3-13-26-17)16-9-11-21(2)12-10-16/h5-8,16-17H,3-4,9-14H2,1-2H3,(H,20,23). The monoisotopic (exact) mass is 395 g/mol. The lowest BCUT2D eigenvalue weighted by Gasteiger charge is -2.38. The van der Waals surface area contributed by atoms with E-state index in [-0.39, 0.29) is 17.0 Å². The number of sulfonamides is 1. The fourth-order valence-electron chi connectivity index (χ4n) is 3.66. The van der Waals surface area contributed by atoms with Gasteiger partial charge in [-0.1, -0.05) is 17.7 Å². The normalized spacial score (nSPS) is 21.9. The van der Waals surface area contributed by atoms with Gasteiger partial charge in [-0.05, 0) is 64.9 Å². The molecule has 0 radical (unpaired) electrons. The fourth-order valence-corrected chi connectivity index (χ4v) is 4.62. The summed E-state index contributed by atoms with van der Waals surface area (Å²) >= 11 is 0. The number of nitrogens with zero attached hydrogens (tertiary/aromatic N) is 2. The summed E-state index contributed by atoms with van der Waals surface area (Å²) in [5.41, 5.74) is 0.964. The van der Waals surface area contributed by atoms with E-state index < -0.39 is 16.1 Å². The van der Waals surface area contributed by atoms with Crippen LogP contribution < -0.4 is 4.72 Å². The Morgan fingerprint density at radius 2 is 1.89 bits per heavy atom. The van der Waals surface area contributed by atoms with Gasteiger partial charge in [0.1, 0.15) is 0 Å². The van der Waals surface area contributed by atoms with E-state index in [4.69, 9.17) is 4.74 Å². The van der Waals surface area contributed by atoms with E-state index in [1.54, 1.807) is 17.0 Å². The maximum Gasteiger partial charge on any atom is 0.331 e. The molecule has 2 aliphatic rings. The molecule has 1 aromatic carbocycles. The third kappa shape index (κ3) is 5.21. The Labute approximate surface area is 161 Å². The summed E-state index contributed by atoms with van der Waals surface area (Å²) in [6.45, 7) is 4.81. The van der Waals surface area contributed by atoms with Crippen LogP contribution in [0.15, 0.2) is 29.2 Å². The number of likely N-dealkylation sites (tertiary alicyclic amines) is 1. The number of urea groups is 1. The van der Waals surface area contributed by atoms with Gasteiger partial charge in [0, 0.05) is 19.2 Å². The summed E-state index contributed by atoms with van der Waals surface area (Å²) in [5.74, 6) is 0. The van der Waals surface area contributed by atoms with Crippen molar-refractivity contribution < 1.29 is 17.9 Å². The van der Waals surface area contributed by atoms with Crippen LogP contribution >= 0.6 is 0 Å². The Kier molecular flexibility index (Phi) is 6.39. The van der Waals surface area contributed by atoms with Crippen LogP contribution in [0.3, 0.4) is 0 Å². The molecule has 7 nitrogen and oxygen atoms in total. The predicted molar refractivity (Wildman–Crippen MR) is 103 cm³/mol. The molecule has 0 aromatic heterocycles. The van der Waals surface area contributed by atoms with Crippen molar-refractivity contribution in [2.24, 2.45) is 0 Å². The number of ether oxygens (including phenoxy) is 1. The zero-order valence-corrected chi connectivity index (χ0v) is 16.9. The molecule has 2 aliphatic heterocycles. The minimum absolute atomic E-state index is 0.0162.